The number of carboxylic acid groups (broad SMARTS) is 1. The van der Waals surface area contributed by atoms with Crippen molar-refractivity contribution in [3.63, 3.8) is 0 Å². The van der Waals surface area contributed by atoms with Crippen LogP contribution in [0.4, 0.5) is 5.69 Å². The van der Waals surface area contributed by atoms with Crippen LogP contribution in [0.2, 0.25) is 0 Å². The summed E-state index contributed by atoms with van der Waals surface area (Å²) in [4.78, 5) is 31.5. The molecule has 27 heavy (non-hydrogen) atoms. The Kier molecular flexibility index (Phi) is 5.27. The van der Waals surface area contributed by atoms with E-state index < -0.39 is 11.9 Å². The van der Waals surface area contributed by atoms with E-state index in [1.165, 1.54) is 24.5 Å². The third-order valence-corrected chi connectivity index (χ3v) is 3.56. The minimum atomic E-state index is -1.13. The molecule has 0 saturated carbocycles. The van der Waals surface area contributed by atoms with Crippen molar-refractivity contribution in [2.75, 3.05) is 12.4 Å². The highest BCUT2D eigenvalue weighted by atomic mass is 16.5. The van der Waals surface area contributed by atoms with Crippen molar-refractivity contribution in [3.05, 3.63) is 72.1 Å². The molecule has 0 spiro atoms. The molecular weight excluding hydrogens is 350 g/mol. The number of carbonyl (C=O) groups is 2. The van der Waals surface area contributed by atoms with Crippen LogP contribution in [-0.4, -0.2) is 34.1 Å². The van der Waals surface area contributed by atoms with Crippen LogP contribution < -0.4 is 14.8 Å². The van der Waals surface area contributed by atoms with E-state index in [-0.39, 0.29) is 22.8 Å². The van der Waals surface area contributed by atoms with Gasteiger partial charge >= 0.3 is 12.0 Å². The maximum Gasteiger partial charge on any atom is 0.337 e. The topological polar surface area (TPSA) is 111 Å². The van der Waals surface area contributed by atoms with Gasteiger partial charge in [-0.25, -0.2) is 14.8 Å². The van der Waals surface area contributed by atoms with E-state index >= 15 is 0 Å². The molecule has 0 aliphatic rings. The van der Waals surface area contributed by atoms with Gasteiger partial charge < -0.3 is 19.9 Å². The third kappa shape index (κ3) is 4.37. The Bertz CT molecular complexity index is 956. The zero-order valence-corrected chi connectivity index (χ0v) is 14.2. The number of nitrogens with one attached hydrogen (secondary N) is 1. The molecule has 0 saturated heterocycles. The Morgan fingerprint density at radius 1 is 0.963 bits per heavy atom. The number of methoxy groups -OCH3 is 1. The highest BCUT2D eigenvalue weighted by molar-refractivity contribution is 6.07. The lowest BCUT2D eigenvalue weighted by Crippen LogP contribution is -2.15. The Labute approximate surface area is 154 Å². The Balaban J connectivity index is 1.69. The highest BCUT2D eigenvalue weighted by Gasteiger charge is 2.14. The predicted molar refractivity (Wildman–Crippen MR) is 96.5 cm³/mol. The summed E-state index contributed by atoms with van der Waals surface area (Å²) < 4.78 is 10.6. The molecule has 1 amide bonds. The second-order valence-electron chi connectivity index (χ2n) is 5.34. The summed E-state index contributed by atoms with van der Waals surface area (Å²) in [6.07, 6.45) is 2.59. The van der Waals surface area contributed by atoms with Crippen LogP contribution in [0.1, 0.15) is 20.7 Å². The first kappa shape index (κ1) is 17.9. The number of carbonyl (C=O) groups excluding carboxylic acids is 1. The number of rotatable bonds is 6. The number of aromatic nitrogens is 2. The maximum atomic E-state index is 12.3. The van der Waals surface area contributed by atoms with Gasteiger partial charge in [0.1, 0.15) is 11.5 Å². The Morgan fingerprint density at radius 3 is 2.22 bits per heavy atom. The molecule has 0 radical (unpaired) electrons. The third-order valence-electron chi connectivity index (χ3n) is 3.56. The number of benzene rings is 2. The summed E-state index contributed by atoms with van der Waals surface area (Å²) in [6.45, 7) is 0. The molecule has 2 aromatic carbocycles. The molecule has 8 nitrogen and oxygen atoms in total. The van der Waals surface area contributed by atoms with Crippen LogP contribution in [0.5, 0.6) is 17.5 Å². The van der Waals surface area contributed by atoms with Gasteiger partial charge in [-0.2, -0.15) is 0 Å². The van der Waals surface area contributed by atoms with E-state index in [0.29, 0.717) is 11.5 Å². The maximum absolute atomic E-state index is 12.3. The van der Waals surface area contributed by atoms with Gasteiger partial charge in [0.25, 0.3) is 5.91 Å². The molecule has 0 aliphatic heterocycles. The summed E-state index contributed by atoms with van der Waals surface area (Å²) in [5.41, 5.74) is 0.344. The molecule has 0 fully saturated rings. The van der Waals surface area contributed by atoms with Crippen LogP contribution >= 0.6 is 0 Å². The van der Waals surface area contributed by atoms with E-state index in [0.717, 1.165) is 0 Å². The lowest BCUT2D eigenvalue weighted by Gasteiger charge is -2.08. The van der Waals surface area contributed by atoms with Crippen LogP contribution in [0.15, 0.2) is 60.9 Å². The fraction of sp³-hybridized carbons (Fsp3) is 0.0526. The summed E-state index contributed by atoms with van der Waals surface area (Å²) in [5, 5.41) is 11.7. The van der Waals surface area contributed by atoms with Crippen molar-refractivity contribution in [1.29, 1.82) is 0 Å². The lowest BCUT2D eigenvalue weighted by atomic mass is 10.1. The largest absolute Gasteiger partial charge is 0.497 e. The standard InChI is InChI=1S/C19H15N3O5/c1-26-13-6-8-14(9-7-13)27-19-20-10-12(11-21-19)17(23)22-16-5-3-2-4-15(16)18(24)25/h2-11H,1H3,(H,22,23)(H,24,25). The quantitative estimate of drug-likeness (QED) is 0.690. The number of aromatic carboxylic acids is 1. The van der Waals surface area contributed by atoms with Crippen molar-refractivity contribution < 1.29 is 24.2 Å². The second kappa shape index (κ2) is 7.96. The first-order chi connectivity index (χ1) is 13.1. The minimum Gasteiger partial charge on any atom is -0.497 e. The summed E-state index contributed by atoms with van der Waals surface area (Å²) in [7, 11) is 1.57. The molecule has 2 N–H and O–H groups in total. The molecule has 0 aliphatic carbocycles. The molecular formula is C19H15N3O5. The first-order valence-corrected chi connectivity index (χ1v) is 7.84. The van der Waals surface area contributed by atoms with Crippen molar-refractivity contribution in [2.24, 2.45) is 0 Å². The van der Waals surface area contributed by atoms with Crippen LogP contribution in [-0.2, 0) is 0 Å². The summed E-state index contributed by atoms with van der Waals surface area (Å²) >= 11 is 0. The van der Waals surface area contributed by atoms with E-state index in [9.17, 15) is 9.59 Å². The molecule has 0 atom stereocenters. The smallest absolute Gasteiger partial charge is 0.337 e. The minimum absolute atomic E-state index is 0.00812. The zero-order valence-electron chi connectivity index (χ0n) is 14.2. The van der Waals surface area contributed by atoms with Gasteiger partial charge in [0.15, 0.2) is 0 Å². The van der Waals surface area contributed by atoms with Crippen molar-refractivity contribution in [3.8, 4) is 17.5 Å². The van der Waals surface area contributed by atoms with Gasteiger partial charge in [-0.1, -0.05) is 12.1 Å². The average molecular weight is 365 g/mol. The fourth-order valence-corrected chi connectivity index (χ4v) is 2.21. The Hall–Kier alpha value is -3.94. The van der Waals surface area contributed by atoms with Crippen LogP contribution in [0, 0.1) is 0 Å². The monoisotopic (exact) mass is 365 g/mol. The highest BCUT2D eigenvalue weighted by Crippen LogP contribution is 2.21. The van der Waals surface area contributed by atoms with E-state index in [1.807, 2.05) is 0 Å². The number of para-hydroxylation sites is 1. The summed E-state index contributed by atoms with van der Waals surface area (Å²) in [6, 6.07) is 13.1. The van der Waals surface area contributed by atoms with Gasteiger partial charge in [-0.05, 0) is 36.4 Å². The second-order valence-corrected chi connectivity index (χ2v) is 5.34. The van der Waals surface area contributed by atoms with Crippen LogP contribution in [0.3, 0.4) is 0 Å². The average Bonchev–Trinajstić information content (AvgIpc) is 2.69. The number of hydrogen-bond donors (Lipinski definition) is 2. The molecule has 8 heteroatoms. The lowest BCUT2D eigenvalue weighted by molar-refractivity contribution is 0.0698. The molecule has 3 aromatic rings. The van der Waals surface area contributed by atoms with E-state index in [4.69, 9.17) is 14.6 Å². The molecule has 1 aromatic heterocycles. The summed E-state index contributed by atoms with van der Waals surface area (Å²) in [5.74, 6) is -0.453. The molecule has 0 unspecified atom stereocenters. The van der Waals surface area contributed by atoms with Crippen LogP contribution in [0.25, 0.3) is 0 Å². The molecule has 136 valence electrons. The Morgan fingerprint density at radius 2 is 1.59 bits per heavy atom. The SMILES string of the molecule is COc1ccc(Oc2ncc(C(=O)Nc3ccccc3C(=O)O)cn2)cc1. The number of hydrogen-bond acceptors (Lipinski definition) is 6. The molecule has 0 bridgehead atoms. The van der Waals surface area contributed by atoms with Gasteiger partial charge in [0.2, 0.25) is 0 Å². The first-order valence-electron chi connectivity index (χ1n) is 7.84. The zero-order chi connectivity index (χ0) is 19.2. The fourth-order valence-electron chi connectivity index (χ4n) is 2.21. The molecule has 1 heterocycles. The van der Waals surface area contributed by atoms with Crippen molar-refractivity contribution in [1.82, 2.24) is 9.97 Å². The number of nitrogens with zero attached hydrogens (tertiary/aromatic N) is 2. The van der Waals surface area contributed by atoms with Crippen molar-refractivity contribution in [2.45, 2.75) is 0 Å². The number of carboxylic acids is 1. The van der Waals surface area contributed by atoms with Gasteiger partial charge in [-0.3, -0.25) is 4.79 Å². The number of ether oxygens (including phenoxy) is 2. The van der Waals surface area contributed by atoms with Gasteiger partial charge in [0, 0.05) is 12.4 Å². The van der Waals surface area contributed by atoms with Gasteiger partial charge in [-0.15, -0.1) is 0 Å². The van der Waals surface area contributed by atoms with Gasteiger partial charge in [0.05, 0.1) is 23.9 Å². The number of anilines is 1. The van der Waals surface area contributed by atoms with E-state index in [2.05, 4.69) is 15.3 Å². The predicted octanol–water partition coefficient (Wildman–Crippen LogP) is 3.23. The van der Waals surface area contributed by atoms with Crippen molar-refractivity contribution >= 4 is 17.6 Å². The number of amides is 1. The molecule has 3 rings (SSSR count). The normalized spacial score (nSPS) is 10.1. The van der Waals surface area contributed by atoms with E-state index in [1.54, 1.807) is 43.5 Å².